The second kappa shape index (κ2) is 7.22. The minimum Gasteiger partial charge on any atom is -0.508 e. The fourth-order valence-corrected chi connectivity index (χ4v) is 1.26. The Hall–Kier alpha value is -2.28. The van der Waals surface area contributed by atoms with Gasteiger partial charge in [-0.15, -0.1) is 0 Å². The number of phenolic OH excluding ortho intramolecular Hbond substituents is 1. The van der Waals surface area contributed by atoms with Gasteiger partial charge in [0.25, 0.3) is 5.91 Å². The zero-order valence-corrected chi connectivity index (χ0v) is 10.6. The van der Waals surface area contributed by atoms with Gasteiger partial charge < -0.3 is 16.2 Å². The number of benzene rings is 1. The predicted molar refractivity (Wildman–Crippen MR) is 70.1 cm³/mol. The highest BCUT2D eigenvalue weighted by molar-refractivity contribution is 5.84. The normalized spacial score (nSPS) is 11.5. The molecule has 104 valence electrons. The van der Waals surface area contributed by atoms with Gasteiger partial charge in [-0.2, -0.15) is 0 Å². The Labute approximate surface area is 111 Å². The molecular weight excluding hydrogens is 248 g/mol. The Morgan fingerprint density at radius 2 is 1.89 bits per heavy atom. The van der Waals surface area contributed by atoms with Gasteiger partial charge in [-0.1, -0.05) is 12.1 Å². The van der Waals surface area contributed by atoms with E-state index in [1.54, 1.807) is 24.3 Å². The number of hydrogen-bond donors (Lipinski definition) is 5. The molecule has 1 aromatic carbocycles. The molecule has 0 spiro atoms. The Morgan fingerprint density at radius 1 is 1.26 bits per heavy atom. The number of hydrazine groups is 1. The van der Waals surface area contributed by atoms with E-state index in [1.165, 1.54) is 6.92 Å². The summed E-state index contributed by atoms with van der Waals surface area (Å²) in [7, 11) is 0. The van der Waals surface area contributed by atoms with Crippen molar-refractivity contribution in [1.29, 1.82) is 0 Å². The van der Waals surface area contributed by atoms with E-state index in [-0.39, 0.29) is 5.75 Å². The zero-order chi connectivity index (χ0) is 14.3. The third kappa shape index (κ3) is 5.73. The molecule has 7 heteroatoms. The number of urea groups is 1. The number of carbonyl (C=O) groups is 2. The maximum Gasteiger partial charge on any atom is 0.333 e. The number of phenols is 1. The maximum absolute atomic E-state index is 11.3. The molecule has 7 nitrogen and oxygen atoms in total. The van der Waals surface area contributed by atoms with Gasteiger partial charge in [0.15, 0.2) is 0 Å². The van der Waals surface area contributed by atoms with Crippen LogP contribution in [0.3, 0.4) is 0 Å². The Balaban J connectivity index is 2.20. The topological polar surface area (TPSA) is 116 Å². The van der Waals surface area contributed by atoms with Gasteiger partial charge in [-0.05, 0) is 31.0 Å². The molecule has 6 N–H and O–H groups in total. The summed E-state index contributed by atoms with van der Waals surface area (Å²) in [5.41, 5.74) is 10.7. The van der Waals surface area contributed by atoms with E-state index in [9.17, 15) is 9.59 Å². The Kier molecular flexibility index (Phi) is 5.62. The van der Waals surface area contributed by atoms with Crippen LogP contribution in [-0.4, -0.2) is 29.6 Å². The van der Waals surface area contributed by atoms with E-state index in [4.69, 9.17) is 10.8 Å². The molecule has 3 amide bonds. The second-order valence-corrected chi connectivity index (χ2v) is 4.08. The van der Waals surface area contributed by atoms with Crippen LogP contribution < -0.4 is 21.9 Å². The SMILES string of the molecule is CC(N)C(=O)NNC(=O)NCCc1ccc(O)cc1. The molecule has 0 aliphatic rings. The summed E-state index contributed by atoms with van der Waals surface area (Å²) in [6, 6.07) is 5.51. The monoisotopic (exact) mass is 266 g/mol. The lowest BCUT2D eigenvalue weighted by atomic mass is 10.1. The lowest BCUT2D eigenvalue weighted by Gasteiger charge is -2.10. The van der Waals surface area contributed by atoms with Gasteiger partial charge in [0.2, 0.25) is 0 Å². The van der Waals surface area contributed by atoms with E-state index in [2.05, 4.69) is 16.2 Å². The smallest absolute Gasteiger partial charge is 0.333 e. The molecule has 1 aromatic rings. The number of aromatic hydroxyl groups is 1. The standard InChI is InChI=1S/C12H18N4O3/c1-8(13)11(18)15-16-12(19)14-7-6-9-2-4-10(17)5-3-9/h2-5,8,17H,6-7,13H2,1H3,(H,15,18)(H2,14,16,19). The first kappa shape index (κ1) is 14.8. The highest BCUT2D eigenvalue weighted by Gasteiger charge is 2.07. The molecule has 0 aromatic heterocycles. The first-order valence-electron chi connectivity index (χ1n) is 5.86. The summed E-state index contributed by atoms with van der Waals surface area (Å²) in [6.07, 6.45) is 0.620. The van der Waals surface area contributed by atoms with Gasteiger partial charge in [0.1, 0.15) is 5.75 Å². The van der Waals surface area contributed by atoms with Crippen molar-refractivity contribution in [2.75, 3.05) is 6.54 Å². The largest absolute Gasteiger partial charge is 0.508 e. The van der Waals surface area contributed by atoms with Crippen LogP contribution in [0.4, 0.5) is 4.79 Å². The number of carbonyl (C=O) groups excluding carboxylic acids is 2. The van der Waals surface area contributed by atoms with Crippen molar-refractivity contribution in [3.63, 3.8) is 0 Å². The van der Waals surface area contributed by atoms with Crippen LogP contribution >= 0.6 is 0 Å². The second-order valence-electron chi connectivity index (χ2n) is 4.08. The fraction of sp³-hybridized carbons (Fsp3) is 0.333. The van der Waals surface area contributed by atoms with Gasteiger partial charge in [-0.25, -0.2) is 10.2 Å². The van der Waals surface area contributed by atoms with Crippen LogP contribution in [0.1, 0.15) is 12.5 Å². The number of nitrogens with two attached hydrogens (primary N) is 1. The fourth-order valence-electron chi connectivity index (χ4n) is 1.26. The maximum atomic E-state index is 11.3. The summed E-state index contributed by atoms with van der Waals surface area (Å²) >= 11 is 0. The van der Waals surface area contributed by atoms with Crippen LogP contribution in [0.15, 0.2) is 24.3 Å². The molecule has 1 rings (SSSR count). The van der Waals surface area contributed by atoms with Crippen LogP contribution in [-0.2, 0) is 11.2 Å². The molecular formula is C12H18N4O3. The van der Waals surface area contributed by atoms with Gasteiger partial charge in [-0.3, -0.25) is 10.2 Å². The lowest BCUT2D eigenvalue weighted by molar-refractivity contribution is -0.122. The molecule has 0 aliphatic heterocycles. The van der Waals surface area contributed by atoms with Crippen molar-refractivity contribution in [2.45, 2.75) is 19.4 Å². The summed E-state index contributed by atoms with van der Waals surface area (Å²) in [5, 5.41) is 11.7. The van der Waals surface area contributed by atoms with Crippen molar-refractivity contribution in [2.24, 2.45) is 5.73 Å². The van der Waals surface area contributed by atoms with Crippen molar-refractivity contribution < 1.29 is 14.7 Å². The molecule has 0 saturated carbocycles. The predicted octanol–water partition coefficient (Wildman–Crippen LogP) is -0.388. The lowest BCUT2D eigenvalue weighted by Crippen LogP contribution is -2.51. The molecule has 0 bridgehead atoms. The quantitative estimate of drug-likeness (QED) is 0.477. The summed E-state index contributed by atoms with van der Waals surface area (Å²) < 4.78 is 0. The molecule has 19 heavy (non-hydrogen) atoms. The molecule has 1 unspecified atom stereocenters. The van der Waals surface area contributed by atoms with Crippen LogP contribution in [0.25, 0.3) is 0 Å². The minimum absolute atomic E-state index is 0.202. The average molecular weight is 266 g/mol. The van der Waals surface area contributed by atoms with E-state index in [0.29, 0.717) is 13.0 Å². The summed E-state index contributed by atoms with van der Waals surface area (Å²) in [5.74, 6) is -0.262. The third-order valence-corrected chi connectivity index (χ3v) is 2.35. The minimum atomic E-state index is -0.683. The number of nitrogens with one attached hydrogen (secondary N) is 3. The van der Waals surface area contributed by atoms with Gasteiger partial charge >= 0.3 is 6.03 Å². The van der Waals surface area contributed by atoms with Gasteiger partial charge in [0.05, 0.1) is 6.04 Å². The number of rotatable bonds is 4. The van der Waals surface area contributed by atoms with Crippen molar-refractivity contribution in [3.8, 4) is 5.75 Å². The number of amides is 3. The Morgan fingerprint density at radius 3 is 2.47 bits per heavy atom. The zero-order valence-electron chi connectivity index (χ0n) is 10.6. The molecule has 0 radical (unpaired) electrons. The van der Waals surface area contributed by atoms with Crippen molar-refractivity contribution in [1.82, 2.24) is 16.2 Å². The van der Waals surface area contributed by atoms with E-state index in [1.807, 2.05) is 0 Å². The van der Waals surface area contributed by atoms with Crippen LogP contribution in [0, 0.1) is 0 Å². The first-order valence-corrected chi connectivity index (χ1v) is 5.86. The molecule has 1 atom stereocenters. The van der Waals surface area contributed by atoms with Crippen LogP contribution in [0.5, 0.6) is 5.75 Å². The van der Waals surface area contributed by atoms with Crippen molar-refractivity contribution >= 4 is 11.9 Å². The molecule has 0 saturated heterocycles. The van der Waals surface area contributed by atoms with E-state index < -0.39 is 18.0 Å². The third-order valence-electron chi connectivity index (χ3n) is 2.35. The van der Waals surface area contributed by atoms with Gasteiger partial charge in [0, 0.05) is 6.54 Å². The van der Waals surface area contributed by atoms with E-state index >= 15 is 0 Å². The molecule has 0 aliphatic carbocycles. The highest BCUT2D eigenvalue weighted by Crippen LogP contribution is 2.09. The highest BCUT2D eigenvalue weighted by atomic mass is 16.3. The summed E-state index contributed by atoms with van der Waals surface area (Å²) in [6.45, 7) is 1.92. The van der Waals surface area contributed by atoms with Crippen LogP contribution in [0.2, 0.25) is 0 Å². The Bertz CT molecular complexity index is 431. The first-order chi connectivity index (χ1) is 8.99. The number of hydrogen-bond acceptors (Lipinski definition) is 4. The molecule has 0 fully saturated rings. The van der Waals surface area contributed by atoms with Crippen molar-refractivity contribution in [3.05, 3.63) is 29.8 Å². The molecule has 0 heterocycles. The van der Waals surface area contributed by atoms with E-state index in [0.717, 1.165) is 5.56 Å². The average Bonchev–Trinajstić information content (AvgIpc) is 2.38. The summed E-state index contributed by atoms with van der Waals surface area (Å²) in [4.78, 5) is 22.4.